The molecule has 1 heterocycles. The highest BCUT2D eigenvalue weighted by atomic mass is 16.5. The highest BCUT2D eigenvalue weighted by Gasteiger charge is 2.36. The molecule has 1 saturated heterocycles. The molecule has 146 valence electrons. The molecule has 0 radical (unpaired) electrons. The van der Waals surface area contributed by atoms with Gasteiger partial charge in [0.05, 0.1) is 12.5 Å². The van der Waals surface area contributed by atoms with Crippen LogP contribution in [0.3, 0.4) is 0 Å². The topological polar surface area (TPSA) is 79.5 Å². The van der Waals surface area contributed by atoms with Gasteiger partial charge in [0.15, 0.2) is 0 Å². The molecule has 6 heteroatoms. The Morgan fingerprint density at radius 3 is 2.39 bits per heavy atom. The van der Waals surface area contributed by atoms with Crippen LogP contribution < -0.4 is 20.7 Å². The molecule has 2 aliphatic rings. The largest absolute Gasteiger partial charge is 0.457 e. The Hall–Kier alpha value is -2.86. The van der Waals surface area contributed by atoms with Crippen molar-refractivity contribution in [3.8, 4) is 11.5 Å². The molecule has 0 bridgehead atoms. The lowest BCUT2D eigenvalue weighted by Crippen LogP contribution is -2.65. The molecule has 1 saturated carbocycles. The summed E-state index contributed by atoms with van der Waals surface area (Å²) in [6.07, 6.45) is 4.50. The summed E-state index contributed by atoms with van der Waals surface area (Å²) in [6, 6.07) is 16.7. The smallest absolute Gasteiger partial charge is 0.237 e. The molecule has 2 amide bonds. The summed E-state index contributed by atoms with van der Waals surface area (Å²) < 4.78 is 5.75. The summed E-state index contributed by atoms with van der Waals surface area (Å²) in [4.78, 5) is 24.7. The van der Waals surface area contributed by atoms with Gasteiger partial charge in [0, 0.05) is 17.8 Å². The van der Waals surface area contributed by atoms with E-state index >= 15 is 0 Å². The van der Waals surface area contributed by atoms with Gasteiger partial charge < -0.3 is 20.7 Å². The van der Waals surface area contributed by atoms with Gasteiger partial charge in [-0.05, 0) is 49.2 Å². The number of amides is 2. The van der Waals surface area contributed by atoms with Gasteiger partial charge in [-0.1, -0.05) is 31.0 Å². The van der Waals surface area contributed by atoms with Crippen LogP contribution in [0.1, 0.15) is 32.1 Å². The summed E-state index contributed by atoms with van der Waals surface area (Å²) in [6.45, 7) is 0. The van der Waals surface area contributed by atoms with E-state index in [-0.39, 0.29) is 30.3 Å². The van der Waals surface area contributed by atoms with E-state index in [1.807, 2.05) is 30.3 Å². The number of nitrogens with one attached hydrogen (secondary N) is 3. The molecule has 0 unspecified atom stereocenters. The summed E-state index contributed by atoms with van der Waals surface area (Å²) in [7, 11) is 0. The minimum absolute atomic E-state index is 0.0788. The Bertz CT molecular complexity index is 823. The number of rotatable bonds is 5. The van der Waals surface area contributed by atoms with Crippen molar-refractivity contribution < 1.29 is 14.3 Å². The maximum absolute atomic E-state index is 12.4. The van der Waals surface area contributed by atoms with Crippen molar-refractivity contribution in [1.29, 1.82) is 0 Å². The van der Waals surface area contributed by atoms with E-state index in [0.717, 1.165) is 25.0 Å². The molecular weight excluding hydrogens is 354 g/mol. The second-order valence-corrected chi connectivity index (χ2v) is 7.42. The molecule has 1 aliphatic carbocycles. The van der Waals surface area contributed by atoms with E-state index in [9.17, 15) is 9.59 Å². The zero-order valence-corrected chi connectivity index (χ0v) is 15.7. The number of anilines is 1. The van der Waals surface area contributed by atoms with Gasteiger partial charge in [0.1, 0.15) is 11.5 Å². The Kier molecular flexibility index (Phi) is 5.58. The fraction of sp³-hybridized carbons (Fsp3) is 0.364. The highest BCUT2D eigenvalue weighted by Crippen LogP contribution is 2.24. The van der Waals surface area contributed by atoms with Crippen molar-refractivity contribution in [3.63, 3.8) is 0 Å². The maximum atomic E-state index is 12.4. The van der Waals surface area contributed by atoms with E-state index in [4.69, 9.17) is 4.74 Å². The number of hydrogen-bond donors (Lipinski definition) is 3. The second-order valence-electron chi connectivity index (χ2n) is 7.42. The van der Waals surface area contributed by atoms with Crippen molar-refractivity contribution >= 4 is 17.5 Å². The fourth-order valence-corrected chi connectivity index (χ4v) is 3.90. The quantitative estimate of drug-likeness (QED) is 0.745. The van der Waals surface area contributed by atoms with Gasteiger partial charge in [0.2, 0.25) is 11.8 Å². The number of ether oxygens (including phenoxy) is 1. The second kappa shape index (κ2) is 8.44. The molecule has 0 aromatic heterocycles. The first-order valence-electron chi connectivity index (χ1n) is 9.86. The summed E-state index contributed by atoms with van der Waals surface area (Å²) in [5.74, 6) is 1.19. The maximum Gasteiger partial charge on any atom is 0.237 e. The first-order valence-corrected chi connectivity index (χ1v) is 9.86. The van der Waals surface area contributed by atoms with E-state index in [1.54, 1.807) is 24.3 Å². The molecule has 3 N–H and O–H groups in total. The van der Waals surface area contributed by atoms with Gasteiger partial charge in [-0.3, -0.25) is 9.59 Å². The number of fused-ring (bicyclic) bond motifs is 1. The number of carbonyl (C=O) groups is 2. The number of benzene rings is 2. The van der Waals surface area contributed by atoms with Crippen molar-refractivity contribution in [2.75, 3.05) is 5.32 Å². The minimum atomic E-state index is -0.472. The summed E-state index contributed by atoms with van der Waals surface area (Å²) in [5.41, 5.74) is 0.678. The summed E-state index contributed by atoms with van der Waals surface area (Å²) in [5, 5.41) is 9.29. The Labute approximate surface area is 164 Å². The Balaban J connectivity index is 1.30. The average Bonchev–Trinajstić information content (AvgIpc) is 2.71. The van der Waals surface area contributed by atoms with Crippen molar-refractivity contribution in [3.05, 3.63) is 54.6 Å². The van der Waals surface area contributed by atoms with E-state index in [0.29, 0.717) is 11.4 Å². The molecule has 2 aromatic carbocycles. The SMILES string of the molecule is O=C(C[C@@H]1N[C@H]2CCCC[C@H]2NC1=O)Nc1ccc(Oc2ccccc2)cc1. The van der Waals surface area contributed by atoms with E-state index in [1.165, 1.54) is 6.42 Å². The monoisotopic (exact) mass is 379 g/mol. The molecule has 28 heavy (non-hydrogen) atoms. The van der Waals surface area contributed by atoms with Crippen LogP contribution in [0.2, 0.25) is 0 Å². The third-order valence-corrected chi connectivity index (χ3v) is 5.33. The van der Waals surface area contributed by atoms with E-state index < -0.39 is 6.04 Å². The number of carbonyl (C=O) groups excluding carboxylic acids is 2. The molecular formula is C22H25N3O3. The third-order valence-electron chi connectivity index (χ3n) is 5.33. The highest BCUT2D eigenvalue weighted by molar-refractivity contribution is 5.95. The molecule has 3 atom stereocenters. The zero-order chi connectivity index (χ0) is 19.3. The van der Waals surface area contributed by atoms with Crippen LogP contribution >= 0.6 is 0 Å². The lowest BCUT2D eigenvalue weighted by Gasteiger charge is -2.40. The van der Waals surface area contributed by atoms with Gasteiger partial charge in [-0.15, -0.1) is 0 Å². The lowest BCUT2D eigenvalue weighted by atomic mass is 9.87. The molecule has 1 aliphatic heterocycles. The fourth-order valence-electron chi connectivity index (χ4n) is 3.90. The molecule has 6 nitrogen and oxygen atoms in total. The number of piperazine rings is 1. The lowest BCUT2D eigenvalue weighted by molar-refractivity contribution is -0.129. The van der Waals surface area contributed by atoms with Crippen LogP contribution in [-0.2, 0) is 9.59 Å². The van der Waals surface area contributed by atoms with Crippen LogP contribution in [0.25, 0.3) is 0 Å². The van der Waals surface area contributed by atoms with Crippen LogP contribution in [0.4, 0.5) is 5.69 Å². The van der Waals surface area contributed by atoms with E-state index in [2.05, 4.69) is 16.0 Å². The van der Waals surface area contributed by atoms with Crippen molar-refractivity contribution in [1.82, 2.24) is 10.6 Å². The zero-order valence-electron chi connectivity index (χ0n) is 15.7. The third kappa shape index (κ3) is 4.51. The van der Waals surface area contributed by atoms with Gasteiger partial charge >= 0.3 is 0 Å². The molecule has 2 aromatic rings. The first kappa shape index (κ1) is 18.5. The number of para-hydroxylation sites is 1. The minimum Gasteiger partial charge on any atom is -0.457 e. The van der Waals surface area contributed by atoms with Gasteiger partial charge in [0.25, 0.3) is 0 Å². The van der Waals surface area contributed by atoms with Gasteiger partial charge in [-0.25, -0.2) is 0 Å². The summed E-state index contributed by atoms with van der Waals surface area (Å²) >= 11 is 0. The van der Waals surface area contributed by atoms with Crippen molar-refractivity contribution in [2.24, 2.45) is 0 Å². The Morgan fingerprint density at radius 2 is 1.64 bits per heavy atom. The molecule has 2 fully saturated rings. The van der Waals surface area contributed by atoms with Gasteiger partial charge in [-0.2, -0.15) is 0 Å². The average molecular weight is 379 g/mol. The molecule has 0 spiro atoms. The normalized spacial score (nSPS) is 24.0. The predicted molar refractivity (Wildman–Crippen MR) is 107 cm³/mol. The number of hydrogen-bond acceptors (Lipinski definition) is 4. The van der Waals surface area contributed by atoms with Crippen LogP contribution in [0.5, 0.6) is 11.5 Å². The predicted octanol–water partition coefficient (Wildman–Crippen LogP) is 3.21. The van der Waals surface area contributed by atoms with Crippen LogP contribution in [0.15, 0.2) is 54.6 Å². The standard InChI is InChI=1S/C22H25N3O3/c26-21(14-20-22(27)25-19-9-5-4-8-18(19)24-20)23-15-10-12-17(13-11-15)28-16-6-2-1-3-7-16/h1-3,6-7,10-13,18-20,24H,4-5,8-9,14H2,(H,23,26)(H,25,27)/t18-,19+,20-/m0/s1. The molecule has 4 rings (SSSR count). The first-order chi connectivity index (χ1) is 13.7. The van der Waals surface area contributed by atoms with Crippen LogP contribution in [-0.4, -0.2) is 29.9 Å². The van der Waals surface area contributed by atoms with Crippen LogP contribution in [0, 0.1) is 0 Å². The Morgan fingerprint density at radius 1 is 0.964 bits per heavy atom. The van der Waals surface area contributed by atoms with Crippen molar-refractivity contribution in [2.45, 2.75) is 50.2 Å².